The molecule has 1 rings (SSSR count). The fourth-order valence-electron chi connectivity index (χ4n) is 2.09. The zero-order valence-electron chi connectivity index (χ0n) is 13.0. The van der Waals surface area contributed by atoms with Gasteiger partial charge in [-0.1, -0.05) is 12.1 Å². The minimum absolute atomic E-state index is 0.0406. The molecule has 0 aromatic heterocycles. The van der Waals surface area contributed by atoms with Gasteiger partial charge in [0.1, 0.15) is 11.8 Å². The van der Waals surface area contributed by atoms with Crippen molar-refractivity contribution in [3.05, 3.63) is 29.8 Å². The molecule has 2 atom stereocenters. The molecule has 21 heavy (non-hydrogen) atoms. The predicted octanol–water partition coefficient (Wildman–Crippen LogP) is 0.987. The SMILES string of the molecule is COCC(NCC(c1cccc(OC)c1)N(C)C)C(=O)O. The molecule has 0 aliphatic heterocycles. The van der Waals surface area contributed by atoms with Crippen LogP contribution in [0.4, 0.5) is 0 Å². The van der Waals surface area contributed by atoms with Crippen LogP contribution in [0.2, 0.25) is 0 Å². The first kappa shape index (κ1) is 17.4. The Labute approximate surface area is 125 Å². The van der Waals surface area contributed by atoms with E-state index in [2.05, 4.69) is 5.32 Å². The van der Waals surface area contributed by atoms with Gasteiger partial charge < -0.3 is 24.8 Å². The van der Waals surface area contributed by atoms with Crippen LogP contribution < -0.4 is 10.1 Å². The Morgan fingerprint density at radius 1 is 1.38 bits per heavy atom. The zero-order chi connectivity index (χ0) is 15.8. The number of aliphatic carboxylic acids is 1. The highest BCUT2D eigenvalue weighted by atomic mass is 16.5. The molecule has 0 heterocycles. The van der Waals surface area contributed by atoms with Crippen molar-refractivity contribution in [2.75, 3.05) is 41.5 Å². The number of likely N-dealkylation sites (N-methyl/N-ethyl adjacent to an activating group) is 1. The Hall–Kier alpha value is -1.63. The van der Waals surface area contributed by atoms with Gasteiger partial charge in [0.2, 0.25) is 0 Å². The third kappa shape index (κ3) is 5.34. The third-order valence-electron chi connectivity index (χ3n) is 3.29. The molecule has 0 amide bonds. The van der Waals surface area contributed by atoms with Crippen LogP contribution in [0.5, 0.6) is 5.75 Å². The summed E-state index contributed by atoms with van der Waals surface area (Å²) in [6.45, 7) is 0.633. The van der Waals surface area contributed by atoms with Crippen molar-refractivity contribution in [1.82, 2.24) is 10.2 Å². The number of benzene rings is 1. The van der Waals surface area contributed by atoms with Gasteiger partial charge in [-0.05, 0) is 31.8 Å². The minimum atomic E-state index is -0.917. The number of nitrogens with zero attached hydrogens (tertiary/aromatic N) is 1. The van der Waals surface area contributed by atoms with Gasteiger partial charge in [0.05, 0.1) is 13.7 Å². The van der Waals surface area contributed by atoms with Crippen LogP contribution >= 0.6 is 0 Å². The summed E-state index contributed by atoms with van der Waals surface area (Å²) in [4.78, 5) is 13.2. The number of carbonyl (C=O) groups is 1. The average Bonchev–Trinajstić information content (AvgIpc) is 2.46. The van der Waals surface area contributed by atoms with Gasteiger partial charge in [0.25, 0.3) is 0 Å². The lowest BCUT2D eigenvalue weighted by molar-refractivity contribution is -0.140. The molecule has 0 spiro atoms. The predicted molar refractivity (Wildman–Crippen MR) is 80.7 cm³/mol. The second-order valence-corrected chi connectivity index (χ2v) is 5.01. The highest BCUT2D eigenvalue weighted by Gasteiger charge is 2.21. The van der Waals surface area contributed by atoms with E-state index in [1.807, 2.05) is 43.3 Å². The molecule has 6 nitrogen and oxygen atoms in total. The molecule has 2 N–H and O–H groups in total. The second kappa shape index (κ2) is 8.61. The van der Waals surface area contributed by atoms with Gasteiger partial charge in [-0.2, -0.15) is 0 Å². The molecule has 0 bridgehead atoms. The molecule has 0 saturated carbocycles. The first-order valence-electron chi connectivity index (χ1n) is 6.75. The summed E-state index contributed by atoms with van der Waals surface area (Å²) < 4.78 is 10.2. The quantitative estimate of drug-likeness (QED) is 0.708. The molecule has 2 unspecified atom stereocenters. The van der Waals surface area contributed by atoms with Crippen LogP contribution in [0.3, 0.4) is 0 Å². The van der Waals surface area contributed by atoms with Gasteiger partial charge in [0.15, 0.2) is 0 Å². The van der Waals surface area contributed by atoms with Gasteiger partial charge in [-0.25, -0.2) is 0 Å². The Morgan fingerprint density at radius 3 is 2.62 bits per heavy atom. The zero-order valence-corrected chi connectivity index (χ0v) is 13.0. The van der Waals surface area contributed by atoms with E-state index in [4.69, 9.17) is 14.6 Å². The Kier molecular flexibility index (Phi) is 7.14. The summed E-state index contributed by atoms with van der Waals surface area (Å²) in [6.07, 6.45) is 0. The Balaban J connectivity index is 2.79. The number of rotatable bonds is 9. The van der Waals surface area contributed by atoms with E-state index in [1.54, 1.807) is 7.11 Å². The summed E-state index contributed by atoms with van der Waals surface area (Å²) in [5.74, 6) is -0.133. The number of ether oxygens (including phenoxy) is 2. The standard InChI is InChI=1S/C15H24N2O4/c1-17(2)14(9-16-13(10-20-3)15(18)19)11-6-5-7-12(8-11)21-4/h5-8,13-14,16H,9-10H2,1-4H3,(H,18,19). The summed E-state index contributed by atoms with van der Waals surface area (Å²) in [5.41, 5.74) is 1.06. The van der Waals surface area contributed by atoms with E-state index in [-0.39, 0.29) is 12.6 Å². The number of methoxy groups -OCH3 is 2. The van der Waals surface area contributed by atoms with Gasteiger partial charge in [-0.15, -0.1) is 0 Å². The third-order valence-corrected chi connectivity index (χ3v) is 3.29. The number of carboxylic acid groups (broad SMARTS) is 1. The van der Waals surface area contributed by atoms with Crippen LogP contribution in [0.25, 0.3) is 0 Å². The van der Waals surface area contributed by atoms with Crippen molar-refractivity contribution in [1.29, 1.82) is 0 Å². The van der Waals surface area contributed by atoms with Crippen molar-refractivity contribution >= 4 is 5.97 Å². The molecule has 118 valence electrons. The number of hydrogen-bond acceptors (Lipinski definition) is 5. The molecule has 0 radical (unpaired) electrons. The molecule has 0 aliphatic carbocycles. The topological polar surface area (TPSA) is 71.0 Å². The van der Waals surface area contributed by atoms with E-state index in [9.17, 15) is 4.79 Å². The molecule has 0 saturated heterocycles. The van der Waals surface area contributed by atoms with E-state index in [0.29, 0.717) is 6.54 Å². The maximum atomic E-state index is 11.1. The van der Waals surface area contributed by atoms with Crippen LogP contribution in [-0.2, 0) is 9.53 Å². The lowest BCUT2D eigenvalue weighted by atomic mass is 10.1. The second-order valence-electron chi connectivity index (χ2n) is 5.01. The molecule has 1 aromatic carbocycles. The van der Waals surface area contributed by atoms with Gasteiger partial charge >= 0.3 is 5.97 Å². The fourth-order valence-corrected chi connectivity index (χ4v) is 2.09. The lowest BCUT2D eigenvalue weighted by Crippen LogP contribution is -2.44. The monoisotopic (exact) mass is 296 g/mol. The average molecular weight is 296 g/mol. The van der Waals surface area contributed by atoms with Crippen molar-refractivity contribution < 1.29 is 19.4 Å². The molecular weight excluding hydrogens is 272 g/mol. The maximum absolute atomic E-state index is 11.1. The van der Waals surface area contributed by atoms with Crippen LogP contribution in [-0.4, -0.2) is 63.5 Å². The molecule has 0 aliphatic rings. The molecular formula is C15H24N2O4. The van der Waals surface area contributed by atoms with E-state index >= 15 is 0 Å². The van der Waals surface area contributed by atoms with Crippen LogP contribution in [0.15, 0.2) is 24.3 Å². The van der Waals surface area contributed by atoms with Crippen LogP contribution in [0, 0.1) is 0 Å². The largest absolute Gasteiger partial charge is 0.497 e. The first-order valence-corrected chi connectivity index (χ1v) is 6.75. The fraction of sp³-hybridized carbons (Fsp3) is 0.533. The number of nitrogens with one attached hydrogen (secondary N) is 1. The van der Waals surface area contributed by atoms with Crippen molar-refractivity contribution in [3.8, 4) is 5.75 Å². The number of carboxylic acids is 1. The van der Waals surface area contributed by atoms with E-state index in [0.717, 1.165) is 11.3 Å². The van der Waals surface area contributed by atoms with Crippen molar-refractivity contribution in [2.24, 2.45) is 0 Å². The van der Waals surface area contributed by atoms with Crippen LogP contribution in [0.1, 0.15) is 11.6 Å². The minimum Gasteiger partial charge on any atom is -0.497 e. The van der Waals surface area contributed by atoms with E-state index in [1.165, 1.54) is 7.11 Å². The highest BCUT2D eigenvalue weighted by molar-refractivity contribution is 5.73. The van der Waals surface area contributed by atoms with E-state index < -0.39 is 12.0 Å². The molecule has 6 heteroatoms. The summed E-state index contributed by atoms with van der Waals surface area (Å²) >= 11 is 0. The van der Waals surface area contributed by atoms with Crippen molar-refractivity contribution in [3.63, 3.8) is 0 Å². The van der Waals surface area contributed by atoms with Gasteiger partial charge in [0, 0.05) is 19.7 Å². The number of hydrogen-bond donors (Lipinski definition) is 2. The van der Waals surface area contributed by atoms with Crippen molar-refractivity contribution in [2.45, 2.75) is 12.1 Å². The maximum Gasteiger partial charge on any atom is 0.323 e. The summed E-state index contributed by atoms with van der Waals surface area (Å²) in [7, 11) is 7.03. The normalized spacial score (nSPS) is 14.0. The highest BCUT2D eigenvalue weighted by Crippen LogP contribution is 2.22. The summed E-state index contributed by atoms with van der Waals surface area (Å²) in [5, 5.41) is 12.2. The Bertz CT molecular complexity index is 451. The Morgan fingerprint density at radius 2 is 2.10 bits per heavy atom. The lowest BCUT2D eigenvalue weighted by Gasteiger charge is -2.27. The molecule has 0 fully saturated rings. The first-order chi connectivity index (χ1) is 9.99. The smallest absolute Gasteiger partial charge is 0.323 e. The van der Waals surface area contributed by atoms with Gasteiger partial charge in [-0.3, -0.25) is 4.79 Å². The molecule has 1 aromatic rings. The summed E-state index contributed by atoms with van der Waals surface area (Å²) in [6, 6.07) is 7.09.